The van der Waals surface area contributed by atoms with Crippen molar-refractivity contribution in [3.05, 3.63) is 40.3 Å². The molecule has 88 valence electrons. The van der Waals surface area contributed by atoms with Crippen LogP contribution in [0.2, 0.25) is 5.02 Å². The number of allylic oxidation sites excluding steroid dienone is 1. The molecular weight excluding hydrogens is 250 g/mol. The molecule has 16 heavy (non-hydrogen) atoms. The van der Waals surface area contributed by atoms with Gasteiger partial charge in [0.05, 0.1) is 5.02 Å². The molecule has 0 atom stereocenters. The summed E-state index contributed by atoms with van der Waals surface area (Å²) in [5.74, 6) is 0.567. The first kappa shape index (κ1) is 13.3. The fraction of sp³-hybridized carbons (Fsp3) is 0.333. The molecule has 0 bridgehead atoms. The number of rotatable bonds is 2. The van der Waals surface area contributed by atoms with Crippen LogP contribution in [0.1, 0.15) is 20.8 Å². The lowest BCUT2D eigenvalue weighted by Crippen LogP contribution is -2.14. The average molecular weight is 263 g/mol. The van der Waals surface area contributed by atoms with Crippen LogP contribution in [-0.2, 0) is 0 Å². The molecular formula is C12H13Cl2FO. The number of hydrogen-bond donors (Lipinski definition) is 0. The van der Waals surface area contributed by atoms with Gasteiger partial charge in [-0.15, -0.1) is 0 Å². The molecule has 0 N–H and O–H groups in total. The van der Waals surface area contributed by atoms with Crippen LogP contribution in [0, 0.1) is 11.2 Å². The third kappa shape index (κ3) is 3.39. The maximum atomic E-state index is 12.8. The van der Waals surface area contributed by atoms with E-state index in [1.54, 1.807) is 0 Å². The maximum Gasteiger partial charge on any atom is 0.145 e. The molecule has 1 rings (SSSR count). The zero-order chi connectivity index (χ0) is 12.3. The summed E-state index contributed by atoms with van der Waals surface area (Å²) in [6.45, 7) is 5.87. The summed E-state index contributed by atoms with van der Waals surface area (Å²) in [7, 11) is 0. The minimum atomic E-state index is -0.399. The molecule has 0 radical (unpaired) electrons. The molecule has 1 aromatic rings. The van der Waals surface area contributed by atoms with Crippen LogP contribution in [0.5, 0.6) is 5.75 Å². The molecule has 0 aliphatic heterocycles. The Bertz CT molecular complexity index is 408. The second-order valence-corrected chi connectivity index (χ2v) is 5.03. The highest BCUT2D eigenvalue weighted by Crippen LogP contribution is 2.32. The zero-order valence-electron chi connectivity index (χ0n) is 9.35. The van der Waals surface area contributed by atoms with Crippen LogP contribution >= 0.6 is 23.2 Å². The molecule has 4 heteroatoms. The molecule has 0 fully saturated rings. The lowest BCUT2D eigenvalue weighted by atomic mass is 9.95. The van der Waals surface area contributed by atoms with E-state index in [4.69, 9.17) is 27.9 Å². The fourth-order valence-electron chi connectivity index (χ4n) is 1.02. The number of halogens is 3. The van der Waals surface area contributed by atoms with Gasteiger partial charge in [0.15, 0.2) is 0 Å². The van der Waals surface area contributed by atoms with Crippen molar-refractivity contribution >= 4 is 23.2 Å². The van der Waals surface area contributed by atoms with Gasteiger partial charge in [-0.25, -0.2) is 4.39 Å². The number of ether oxygens (including phenoxy) is 1. The van der Waals surface area contributed by atoms with Gasteiger partial charge < -0.3 is 4.74 Å². The first-order valence-electron chi connectivity index (χ1n) is 4.78. The monoisotopic (exact) mass is 262 g/mol. The molecule has 0 saturated carbocycles. The highest BCUT2D eigenvalue weighted by Gasteiger charge is 2.20. The lowest BCUT2D eigenvalue weighted by molar-refractivity contribution is 0.295. The van der Waals surface area contributed by atoms with Gasteiger partial charge in [-0.1, -0.05) is 44.0 Å². The summed E-state index contributed by atoms with van der Waals surface area (Å²) >= 11 is 11.5. The predicted molar refractivity (Wildman–Crippen MR) is 65.4 cm³/mol. The van der Waals surface area contributed by atoms with Gasteiger partial charge in [-0.05, 0) is 18.2 Å². The molecule has 0 unspecified atom stereocenters. The zero-order valence-corrected chi connectivity index (χ0v) is 10.9. The Labute approximate surface area is 105 Å². The van der Waals surface area contributed by atoms with Crippen molar-refractivity contribution in [2.75, 3.05) is 0 Å². The minimum absolute atomic E-state index is 0.222. The summed E-state index contributed by atoms with van der Waals surface area (Å²) < 4.78 is 18.4. The first-order chi connectivity index (χ1) is 7.34. The third-order valence-corrected chi connectivity index (χ3v) is 2.45. The van der Waals surface area contributed by atoms with Crippen LogP contribution in [0.15, 0.2) is 29.5 Å². The molecule has 0 saturated heterocycles. The van der Waals surface area contributed by atoms with Gasteiger partial charge in [0.2, 0.25) is 0 Å². The Morgan fingerprint density at radius 2 is 2.00 bits per heavy atom. The summed E-state index contributed by atoms with van der Waals surface area (Å²) in [4.78, 5) is 0. The van der Waals surface area contributed by atoms with Gasteiger partial charge in [0, 0.05) is 11.0 Å². The Morgan fingerprint density at radius 1 is 1.38 bits per heavy atom. The summed E-state index contributed by atoms with van der Waals surface area (Å²) in [6, 6.07) is 3.96. The van der Waals surface area contributed by atoms with Crippen LogP contribution in [0.3, 0.4) is 0 Å². The van der Waals surface area contributed by atoms with E-state index in [1.165, 1.54) is 23.7 Å². The van der Waals surface area contributed by atoms with E-state index in [0.29, 0.717) is 11.5 Å². The second-order valence-electron chi connectivity index (χ2n) is 4.40. The van der Waals surface area contributed by atoms with Crippen LogP contribution < -0.4 is 4.74 Å². The van der Waals surface area contributed by atoms with Crippen molar-refractivity contribution in [2.24, 2.45) is 5.41 Å². The molecule has 0 spiro atoms. The van der Waals surface area contributed by atoms with E-state index in [0.717, 1.165) is 0 Å². The SMILES string of the molecule is CC(C)(C)/C(=C/Cl)Oc1ccc(F)cc1Cl. The van der Waals surface area contributed by atoms with Crippen molar-refractivity contribution in [2.45, 2.75) is 20.8 Å². The van der Waals surface area contributed by atoms with Crippen molar-refractivity contribution in [3.63, 3.8) is 0 Å². The van der Waals surface area contributed by atoms with Crippen LogP contribution in [-0.4, -0.2) is 0 Å². The molecule has 1 aromatic carbocycles. The first-order valence-corrected chi connectivity index (χ1v) is 5.60. The summed E-state index contributed by atoms with van der Waals surface area (Å²) in [6.07, 6.45) is 0. The van der Waals surface area contributed by atoms with E-state index in [1.807, 2.05) is 20.8 Å². The van der Waals surface area contributed by atoms with E-state index in [2.05, 4.69) is 0 Å². The smallest absolute Gasteiger partial charge is 0.145 e. The van der Waals surface area contributed by atoms with Crippen LogP contribution in [0.4, 0.5) is 4.39 Å². The van der Waals surface area contributed by atoms with Crippen molar-refractivity contribution in [1.29, 1.82) is 0 Å². The van der Waals surface area contributed by atoms with Crippen LogP contribution in [0.25, 0.3) is 0 Å². The Hall–Kier alpha value is -0.730. The largest absolute Gasteiger partial charge is 0.459 e. The normalized spacial score (nSPS) is 12.8. The van der Waals surface area contributed by atoms with E-state index >= 15 is 0 Å². The topological polar surface area (TPSA) is 9.23 Å². The highest BCUT2D eigenvalue weighted by atomic mass is 35.5. The molecule has 0 heterocycles. The van der Waals surface area contributed by atoms with Gasteiger partial charge in [0.25, 0.3) is 0 Å². The number of hydrogen-bond acceptors (Lipinski definition) is 1. The standard InChI is InChI=1S/C12H13Cl2FO/c1-12(2,3)11(7-13)16-10-5-4-8(15)6-9(10)14/h4-7H,1-3H3/b11-7-. The van der Waals surface area contributed by atoms with E-state index in [-0.39, 0.29) is 10.4 Å². The lowest BCUT2D eigenvalue weighted by Gasteiger charge is -2.22. The van der Waals surface area contributed by atoms with Crippen molar-refractivity contribution < 1.29 is 9.13 Å². The van der Waals surface area contributed by atoms with E-state index in [9.17, 15) is 4.39 Å². The van der Waals surface area contributed by atoms with Gasteiger partial charge in [-0.2, -0.15) is 0 Å². The third-order valence-electron chi connectivity index (χ3n) is 1.95. The second kappa shape index (κ2) is 5.07. The molecule has 1 nitrogen and oxygen atoms in total. The number of benzene rings is 1. The fourth-order valence-corrected chi connectivity index (χ4v) is 1.59. The minimum Gasteiger partial charge on any atom is -0.459 e. The van der Waals surface area contributed by atoms with Crippen molar-refractivity contribution in [3.8, 4) is 5.75 Å². The maximum absolute atomic E-state index is 12.8. The highest BCUT2D eigenvalue weighted by molar-refractivity contribution is 6.32. The molecule has 0 aromatic heterocycles. The van der Waals surface area contributed by atoms with Gasteiger partial charge in [0.1, 0.15) is 17.3 Å². The molecule has 0 aliphatic carbocycles. The summed E-state index contributed by atoms with van der Waals surface area (Å²) in [5, 5.41) is 0.222. The quantitative estimate of drug-likeness (QED) is 0.683. The Balaban J connectivity index is 2.96. The average Bonchev–Trinajstić information content (AvgIpc) is 2.14. The predicted octanol–water partition coefficient (Wildman–Crippen LogP) is 4.98. The summed E-state index contributed by atoms with van der Waals surface area (Å²) in [5.41, 5.74) is 1.12. The van der Waals surface area contributed by atoms with Crippen molar-refractivity contribution in [1.82, 2.24) is 0 Å². The van der Waals surface area contributed by atoms with Gasteiger partial charge >= 0.3 is 0 Å². The molecule has 0 aliphatic rings. The van der Waals surface area contributed by atoms with Gasteiger partial charge in [-0.3, -0.25) is 0 Å². The van der Waals surface area contributed by atoms with E-state index < -0.39 is 5.82 Å². The Morgan fingerprint density at radius 3 is 2.44 bits per heavy atom. The Kier molecular flexibility index (Phi) is 4.22. The molecule has 0 amide bonds.